The third kappa shape index (κ3) is 5.78. The minimum atomic E-state index is -0.0379. The first-order chi connectivity index (χ1) is 19.9. The average Bonchev–Trinajstić information content (AvgIpc) is 3.37. The van der Waals surface area contributed by atoms with Crippen molar-refractivity contribution in [2.75, 3.05) is 80.7 Å². The number of anilines is 3. The van der Waals surface area contributed by atoms with Crippen LogP contribution in [0.25, 0.3) is 10.9 Å². The third-order valence-electron chi connectivity index (χ3n) is 8.42. The summed E-state index contributed by atoms with van der Waals surface area (Å²) in [5.74, 6) is 1.70. The van der Waals surface area contributed by atoms with E-state index in [1.54, 1.807) is 13.3 Å². The Morgan fingerprint density at radius 3 is 2.63 bits per heavy atom. The van der Waals surface area contributed by atoms with Crippen LogP contribution in [0.15, 0.2) is 36.5 Å². The first-order valence-electron chi connectivity index (χ1n) is 14.5. The summed E-state index contributed by atoms with van der Waals surface area (Å²) in [5.41, 5.74) is 9.68. The summed E-state index contributed by atoms with van der Waals surface area (Å²) in [6.45, 7) is 11.7. The van der Waals surface area contributed by atoms with Gasteiger partial charge in [-0.05, 0) is 38.1 Å². The molecule has 2 aromatic heterocycles. The second-order valence-electron chi connectivity index (χ2n) is 11.4. The number of nitrogens with zero attached hydrogens (tertiary/aromatic N) is 8. The zero-order chi connectivity index (χ0) is 28.5. The number of aromatic nitrogens is 3. The highest BCUT2D eigenvalue weighted by Gasteiger charge is 2.33. The molecule has 3 aliphatic heterocycles. The van der Waals surface area contributed by atoms with Gasteiger partial charge in [-0.25, -0.2) is 4.98 Å². The fraction of sp³-hybridized carbons (Fsp3) is 0.533. The van der Waals surface area contributed by atoms with Gasteiger partial charge in [-0.15, -0.1) is 0 Å². The Labute approximate surface area is 241 Å². The van der Waals surface area contributed by atoms with Crippen molar-refractivity contribution in [1.29, 1.82) is 5.26 Å². The molecule has 3 saturated heterocycles. The molecule has 11 heteroatoms. The number of methoxy groups -OCH3 is 1. The molecule has 11 nitrogen and oxygen atoms in total. The number of aryl methyl sites for hydroxylation is 1. The highest BCUT2D eigenvalue weighted by Crippen LogP contribution is 2.30. The normalized spacial score (nSPS) is 25.6. The van der Waals surface area contributed by atoms with Crippen molar-refractivity contribution >= 4 is 28.4 Å². The fourth-order valence-corrected chi connectivity index (χ4v) is 6.37. The number of nitriles is 1. The van der Waals surface area contributed by atoms with Crippen LogP contribution in [0.4, 0.5) is 17.5 Å². The van der Waals surface area contributed by atoms with Crippen LogP contribution in [0.5, 0.6) is 0 Å². The zero-order valence-corrected chi connectivity index (χ0v) is 24.1. The lowest BCUT2D eigenvalue weighted by Gasteiger charge is -2.42. The predicted octanol–water partition coefficient (Wildman–Crippen LogP) is 1.78. The Kier molecular flexibility index (Phi) is 7.90. The molecule has 41 heavy (non-hydrogen) atoms. The number of benzene rings is 1. The number of hydrogen-bond donors (Lipinski definition) is 1. The Balaban J connectivity index is 1.09. The molecular formula is C30H39N9O2. The lowest BCUT2D eigenvalue weighted by molar-refractivity contribution is -0.0327. The number of piperazine rings is 1. The maximum atomic E-state index is 9.55. The first kappa shape index (κ1) is 27.6. The van der Waals surface area contributed by atoms with E-state index in [4.69, 9.17) is 25.2 Å². The van der Waals surface area contributed by atoms with E-state index in [2.05, 4.69) is 55.8 Å². The number of rotatable bonds is 6. The zero-order valence-electron chi connectivity index (χ0n) is 24.1. The van der Waals surface area contributed by atoms with Crippen LogP contribution in [-0.4, -0.2) is 110 Å². The van der Waals surface area contributed by atoms with Gasteiger partial charge in [0, 0.05) is 95.0 Å². The molecule has 1 aromatic carbocycles. The highest BCUT2D eigenvalue weighted by molar-refractivity contribution is 5.95. The van der Waals surface area contributed by atoms with E-state index < -0.39 is 0 Å². The third-order valence-corrected chi connectivity index (χ3v) is 8.42. The summed E-state index contributed by atoms with van der Waals surface area (Å²) in [6.07, 6.45) is 1.95. The SMILES string of the molecule is CO[C@H]1CN(c2nc(C)cc(N3CCN(C[C@H]4CN(c5ccc(C#N)c6ncccc56)C[C@@H](C)O4)CC3)n2)C[C@@H]1N. The molecule has 2 N–H and O–H groups in total. The molecule has 0 amide bonds. The number of fused-ring (bicyclic) bond motifs is 1. The van der Waals surface area contributed by atoms with Gasteiger partial charge in [0.25, 0.3) is 0 Å². The Morgan fingerprint density at radius 2 is 1.88 bits per heavy atom. The number of hydrogen-bond acceptors (Lipinski definition) is 11. The number of nitrogens with two attached hydrogens (primary N) is 1. The highest BCUT2D eigenvalue weighted by atomic mass is 16.5. The van der Waals surface area contributed by atoms with Gasteiger partial charge in [0.15, 0.2) is 0 Å². The smallest absolute Gasteiger partial charge is 0.227 e. The Hall–Kier alpha value is -3.56. The van der Waals surface area contributed by atoms with Crippen molar-refractivity contribution in [1.82, 2.24) is 19.9 Å². The predicted molar refractivity (Wildman–Crippen MR) is 159 cm³/mol. The molecule has 0 spiro atoms. The van der Waals surface area contributed by atoms with Gasteiger partial charge in [-0.3, -0.25) is 9.88 Å². The summed E-state index contributed by atoms with van der Waals surface area (Å²) < 4.78 is 11.9. The van der Waals surface area contributed by atoms with E-state index in [9.17, 15) is 5.26 Å². The minimum Gasteiger partial charge on any atom is -0.378 e. The van der Waals surface area contributed by atoms with Crippen molar-refractivity contribution in [2.45, 2.75) is 38.2 Å². The van der Waals surface area contributed by atoms with Gasteiger partial charge in [0.05, 0.1) is 35.4 Å². The van der Waals surface area contributed by atoms with Gasteiger partial charge < -0.3 is 29.9 Å². The van der Waals surface area contributed by atoms with Crippen LogP contribution < -0.4 is 20.4 Å². The van der Waals surface area contributed by atoms with Crippen LogP contribution in [-0.2, 0) is 9.47 Å². The molecular weight excluding hydrogens is 518 g/mol. The summed E-state index contributed by atoms with van der Waals surface area (Å²) in [6, 6.07) is 12.2. The molecule has 0 radical (unpaired) electrons. The van der Waals surface area contributed by atoms with Crippen molar-refractivity contribution in [3.05, 3.63) is 47.8 Å². The molecule has 216 valence electrons. The van der Waals surface area contributed by atoms with Crippen LogP contribution in [0, 0.1) is 18.3 Å². The van der Waals surface area contributed by atoms with Gasteiger partial charge >= 0.3 is 0 Å². The van der Waals surface area contributed by atoms with Crippen LogP contribution in [0.1, 0.15) is 18.2 Å². The maximum Gasteiger partial charge on any atom is 0.227 e. The monoisotopic (exact) mass is 557 g/mol. The van der Waals surface area contributed by atoms with Crippen LogP contribution in [0.3, 0.4) is 0 Å². The molecule has 5 heterocycles. The lowest BCUT2D eigenvalue weighted by Crippen LogP contribution is -2.54. The molecule has 4 atom stereocenters. The molecule has 0 aliphatic carbocycles. The largest absolute Gasteiger partial charge is 0.378 e. The summed E-state index contributed by atoms with van der Waals surface area (Å²) in [4.78, 5) is 23.5. The van der Waals surface area contributed by atoms with E-state index in [0.717, 1.165) is 79.9 Å². The van der Waals surface area contributed by atoms with E-state index in [1.165, 1.54) is 0 Å². The van der Waals surface area contributed by atoms with Crippen molar-refractivity contribution in [3.8, 4) is 6.07 Å². The quantitative estimate of drug-likeness (QED) is 0.478. The second-order valence-corrected chi connectivity index (χ2v) is 11.4. The van der Waals surface area contributed by atoms with Crippen molar-refractivity contribution in [3.63, 3.8) is 0 Å². The van der Waals surface area contributed by atoms with Gasteiger partial charge in [-0.2, -0.15) is 10.2 Å². The topological polar surface area (TPSA) is 120 Å². The maximum absolute atomic E-state index is 9.55. The second kappa shape index (κ2) is 11.7. The fourth-order valence-electron chi connectivity index (χ4n) is 6.37. The summed E-state index contributed by atoms with van der Waals surface area (Å²) in [5, 5.41) is 10.6. The number of ether oxygens (including phenoxy) is 2. The van der Waals surface area contributed by atoms with Gasteiger partial charge in [0.2, 0.25) is 5.95 Å². The van der Waals surface area contributed by atoms with Crippen molar-refractivity contribution in [2.24, 2.45) is 5.73 Å². The molecule has 3 aliphatic rings. The van der Waals surface area contributed by atoms with Crippen LogP contribution >= 0.6 is 0 Å². The van der Waals surface area contributed by atoms with Gasteiger partial charge in [0.1, 0.15) is 11.9 Å². The molecule has 0 bridgehead atoms. The first-order valence-corrected chi connectivity index (χ1v) is 14.5. The molecule has 6 rings (SSSR count). The minimum absolute atomic E-state index is 0.000874. The van der Waals surface area contributed by atoms with E-state index >= 15 is 0 Å². The average molecular weight is 558 g/mol. The van der Waals surface area contributed by atoms with Crippen molar-refractivity contribution < 1.29 is 9.47 Å². The standard InChI is InChI=1S/C30H39N9O2/c1-20-13-28(35-30(34-20)39-18-25(32)27(19-39)40-3)37-11-9-36(10-12-37)16-23-17-38(15-21(2)41-23)26-7-6-22(14-31)29-24(26)5-4-8-33-29/h4-8,13,21,23,25,27H,9-12,15-19,32H2,1-3H3/t21-,23+,25+,27+/m1/s1. The van der Waals surface area contributed by atoms with E-state index in [-0.39, 0.29) is 24.4 Å². The lowest BCUT2D eigenvalue weighted by atomic mass is 10.1. The van der Waals surface area contributed by atoms with E-state index in [0.29, 0.717) is 18.7 Å². The summed E-state index contributed by atoms with van der Waals surface area (Å²) in [7, 11) is 1.71. The molecule has 0 unspecified atom stereocenters. The molecule has 3 fully saturated rings. The number of morpholine rings is 1. The summed E-state index contributed by atoms with van der Waals surface area (Å²) >= 11 is 0. The number of pyridine rings is 1. The Bertz CT molecular complexity index is 1420. The van der Waals surface area contributed by atoms with E-state index in [1.807, 2.05) is 19.1 Å². The van der Waals surface area contributed by atoms with Gasteiger partial charge in [-0.1, -0.05) is 0 Å². The van der Waals surface area contributed by atoms with Crippen LogP contribution in [0.2, 0.25) is 0 Å². The molecule has 0 saturated carbocycles. The Morgan fingerprint density at radius 1 is 1.05 bits per heavy atom. The molecule has 3 aromatic rings.